The van der Waals surface area contributed by atoms with E-state index in [4.69, 9.17) is 11.5 Å². The summed E-state index contributed by atoms with van der Waals surface area (Å²) in [5, 5.41) is 8.68. The molecule has 1 rings (SSSR count). The van der Waals surface area contributed by atoms with E-state index in [1.807, 2.05) is 0 Å². The number of hydrogen-bond donors (Lipinski definition) is 1. The maximum absolute atomic E-state index is 11.9. The Labute approximate surface area is 107 Å². The fourth-order valence-corrected chi connectivity index (χ4v) is 1.51. The zero-order chi connectivity index (χ0) is 12.8. The highest BCUT2D eigenvalue weighted by Crippen LogP contribution is 2.12. The Hall–Kier alpha value is -1.80. The van der Waals surface area contributed by atoms with Crippen molar-refractivity contribution in [2.24, 2.45) is 0 Å². The molecule has 0 unspecified atom stereocenters. The van der Waals surface area contributed by atoms with Gasteiger partial charge >= 0.3 is 5.97 Å². The number of hydrogen-bond acceptors (Lipinski definition) is 2. The third-order valence-electron chi connectivity index (χ3n) is 1.99. The maximum atomic E-state index is 11.9. The lowest BCUT2D eigenvalue weighted by atomic mass is 10.2. The largest absolute Gasteiger partial charge is 0.480 e. The topological polar surface area (TPSA) is 57.6 Å². The highest BCUT2D eigenvalue weighted by Gasteiger charge is 2.17. The molecular weight excluding hydrogens is 286 g/mol. The molecule has 17 heavy (non-hydrogen) atoms. The molecule has 0 heterocycles. The number of amides is 1. The normalized spacial score (nSPS) is 9.41. The summed E-state index contributed by atoms with van der Waals surface area (Å²) in [6, 6.07) is 6.64. The predicted molar refractivity (Wildman–Crippen MR) is 66.5 cm³/mol. The number of nitrogens with zero attached hydrogens (tertiary/aromatic N) is 1. The summed E-state index contributed by atoms with van der Waals surface area (Å²) in [5.41, 5.74) is 0.407. The Kier molecular flexibility index (Phi) is 4.73. The number of carbonyl (C=O) groups is 2. The summed E-state index contributed by atoms with van der Waals surface area (Å²) in [6.07, 6.45) is 5.10. The first-order valence-electron chi connectivity index (χ1n) is 4.74. The maximum Gasteiger partial charge on any atom is 0.323 e. The molecule has 0 fully saturated rings. The fraction of sp³-hybridized carbons (Fsp3) is 0.167. The Morgan fingerprint density at radius 3 is 2.41 bits per heavy atom. The van der Waals surface area contributed by atoms with Gasteiger partial charge in [-0.25, -0.2) is 0 Å². The number of carbonyl (C=O) groups excluding carboxylic acids is 1. The van der Waals surface area contributed by atoms with E-state index in [0.29, 0.717) is 5.56 Å². The van der Waals surface area contributed by atoms with Crippen molar-refractivity contribution in [2.45, 2.75) is 0 Å². The van der Waals surface area contributed by atoms with Crippen LogP contribution in [0.15, 0.2) is 28.7 Å². The van der Waals surface area contributed by atoms with Crippen LogP contribution in [0.2, 0.25) is 0 Å². The minimum absolute atomic E-state index is 0.0266. The summed E-state index contributed by atoms with van der Waals surface area (Å²) in [5.74, 6) is 0.785. The molecule has 1 aromatic rings. The summed E-state index contributed by atoms with van der Waals surface area (Å²) in [7, 11) is 0. The Balaban J connectivity index is 2.88. The van der Waals surface area contributed by atoms with Crippen LogP contribution in [0.5, 0.6) is 0 Å². The number of terminal acetylenes is 1. The van der Waals surface area contributed by atoms with Crippen molar-refractivity contribution in [3.63, 3.8) is 0 Å². The van der Waals surface area contributed by atoms with Crippen LogP contribution in [0.25, 0.3) is 0 Å². The standard InChI is InChI=1S/C12H10BrNO3/c1-2-7-14(8-11(15)16)12(17)9-3-5-10(13)6-4-9/h1,3-6H,7-8H2,(H,15,16). The number of rotatable bonds is 4. The van der Waals surface area contributed by atoms with Gasteiger partial charge in [0.15, 0.2) is 0 Å². The van der Waals surface area contributed by atoms with E-state index in [1.54, 1.807) is 24.3 Å². The first-order chi connectivity index (χ1) is 8.04. The van der Waals surface area contributed by atoms with Crippen LogP contribution in [-0.2, 0) is 4.79 Å². The number of carboxylic acids is 1. The monoisotopic (exact) mass is 295 g/mol. The Morgan fingerprint density at radius 2 is 1.94 bits per heavy atom. The van der Waals surface area contributed by atoms with E-state index < -0.39 is 18.4 Å². The Morgan fingerprint density at radius 1 is 1.35 bits per heavy atom. The van der Waals surface area contributed by atoms with E-state index in [-0.39, 0.29) is 6.54 Å². The van der Waals surface area contributed by atoms with Crippen molar-refractivity contribution < 1.29 is 14.7 Å². The summed E-state index contributed by atoms with van der Waals surface area (Å²) in [4.78, 5) is 23.6. The molecule has 88 valence electrons. The zero-order valence-corrected chi connectivity index (χ0v) is 10.5. The molecule has 1 amide bonds. The average molecular weight is 296 g/mol. The van der Waals surface area contributed by atoms with E-state index in [9.17, 15) is 9.59 Å². The summed E-state index contributed by atoms with van der Waals surface area (Å²) in [6.45, 7) is -0.430. The summed E-state index contributed by atoms with van der Waals surface area (Å²) < 4.78 is 0.843. The highest BCUT2D eigenvalue weighted by molar-refractivity contribution is 9.10. The van der Waals surface area contributed by atoms with Gasteiger partial charge in [-0.2, -0.15) is 0 Å². The second-order valence-corrected chi connectivity index (χ2v) is 4.18. The molecule has 0 radical (unpaired) electrons. The lowest BCUT2D eigenvalue weighted by Crippen LogP contribution is -2.35. The third-order valence-corrected chi connectivity index (χ3v) is 2.52. The number of aliphatic carboxylic acids is 1. The minimum atomic E-state index is -1.09. The van der Waals surface area contributed by atoms with Crippen LogP contribution in [0.4, 0.5) is 0 Å². The molecular formula is C12H10BrNO3. The van der Waals surface area contributed by atoms with Crippen molar-refractivity contribution in [2.75, 3.05) is 13.1 Å². The van der Waals surface area contributed by atoms with Gasteiger partial charge in [0, 0.05) is 10.0 Å². The average Bonchev–Trinajstić information content (AvgIpc) is 2.28. The van der Waals surface area contributed by atoms with Crippen molar-refractivity contribution in [1.29, 1.82) is 0 Å². The minimum Gasteiger partial charge on any atom is -0.480 e. The molecule has 0 saturated heterocycles. The smallest absolute Gasteiger partial charge is 0.323 e. The van der Waals surface area contributed by atoms with Gasteiger partial charge < -0.3 is 10.0 Å². The fourth-order valence-electron chi connectivity index (χ4n) is 1.25. The zero-order valence-electron chi connectivity index (χ0n) is 8.89. The van der Waals surface area contributed by atoms with Crippen molar-refractivity contribution in [3.05, 3.63) is 34.3 Å². The molecule has 1 N–H and O–H groups in total. The van der Waals surface area contributed by atoms with Gasteiger partial charge in [0.05, 0.1) is 6.54 Å². The van der Waals surface area contributed by atoms with Crippen LogP contribution in [0.3, 0.4) is 0 Å². The van der Waals surface area contributed by atoms with E-state index in [1.165, 1.54) is 0 Å². The quantitative estimate of drug-likeness (QED) is 0.859. The van der Waals surface area contributed by atoms with Gasteiger partial charge in [0.25, 0.3) is 5.91 Å². The first kappa shape index (κ1) is 13.3. The molecule has 5 heteroatoms. The molecule has 0 saturated carbocycles. The first-order valence-corrected chi connectivity index (χ1v) is 5.54. The molecule has 0 aromatic heterocycles. The van der Waals surface area contributed by atoms with E-state index in [2.05, 4.69) is 21.9 Å². The van der Waals surface area contributed by atoms with Crippen molar-refractivity contribution in [3.8, 4) is 12.3 Å². The molecule has 0 aliphatic rings. The lowest BCUT2D eigenvalue weighted by molar-refractivity contribution is -0.137. The van der Waals surface area contributed by atoms with E-state index >= 15 is 0 Å². The van der Waals surface area contributed by atoms with Crippen LogP contribution in [0.1, 0.15) is 10.4 Å². The number of carboxylic acid groups (broad SMARTS) is 1. The van der Waals surface area contributed by atoms with E-state index in [0.717, 1.165) is 9.37 Å². The third kappa shape index (κ3) is 3.93. The SMILES string of the molecule is C#CCN(CC(=O)O)C(=O)c1ccc(Br)cc1. The van der Waals surface area contributed by atoms with Gasteiger partial charge in [-0.1, -0.05) is 21.9 Å². The molecule has 0 spiro atoms. The molecule has 0 aliphatic heterocycles. The number of benzene rings is 1. The van der Waals surface area contributed by atoms with Crippen molar-refractivity contribution >= 4 is 27.8 Å². The molecule has 0 bridgehead atoms. The van der Waals surface area contributed by atoms with Crippen LogP contribution < -0.4 is 0 Å². The van der Waals surface area contributed by atoms with Gasteiger partial charge in [-0.3, -0.25) is 9.59 Å². The van der Waals surface area contributed by atoms with Crippen molar-refractivity contribution in [1.82, 2.24) is 4.90 Å². The number of halogens is 1. The second-order valence-electron chi connectivity index (χ2n) is 3.27. The second kappa shape index (κ2) is 6.06. The predicted octanol–water partition coefficient (Wildman–Crippen LogP) is 1.61. The molecule has 1 aromatic carbocycles. The Bertz CT molecular complexity index is 462. The molecule has 4 nitrogen and oxygen atoms in total. The summed E-state index contributed by atoms with van der Waals surface area (Å²) >= 11 is 3.25. The van der Waals surface area contributed by atoms with Gasteiger partial charge in [-0.05, 0) is 24.3 Å². The van der Waals surface area contributed by atoms with Gasteiger partial charge in [-0.15, -0.1) is 6.42 Å². The molecule has 0 aliphatic carbocycles. The van der Waals surface area contributed by atoms with Gasteiger partial charge in [0.1, 0.15) is 6.54 Å². The van der Waals surface area contributed by atoms with Crippen LogP contribution in [0, 0.1) is 12.3 Å². The van der Waals surface area contributed by atoms with Crippen LogP contribution in [-0.4, -0.2) is 35.0 Å². The van der Waals surface area contributed by atoms with Gasteiger partial charge in [0.2, 0.25) is 0 Å². The molecule has 0 atom stereocenters. The highest BCUT2D eigenvalue weighted by atomic mass is 79.9. The lowest BCUT2D eigenvalue weighted by Gasteiger charge is -2.17. The van der Waals surface area contributed by atoms with Crippen LogP contribution >= 0.6 is 15.9 Å².